The number of rotatable bonds is 7. The number of hydrogen-bond acceptors (Lipinski definition) is 6. The summed E-state index contributed by atoms with van der Waals surface area (Å²) < 4.78 is 12.2. The number of nitrogens with zero attached hydrogens (tertiary/aromatic N) is 1. The molecule has 2 aromatic rings. The molecule has 1 saturated heterocycles. The minimum atomic E-state index is -0.450. The van der Waals surface area contributed by atoms with Crippen molar-refractivity contribution in [2.75, 3.05) is 19.8 Å². The Kier molecular flexibility index (Phi) is 7.73. The summed E-state index contributed by atoms with van der Waals surface area (Å²) in [4.78, 5) is 26.4. The van der Waals surface area contributed by atoms with Gasteiger partial charge in [-0.3, -0.25) is 14.5 Å². The molecule has 0 atom stereocenters. The summed E-state index contributed by atoms with van der Waals surface area (Å²) in [5.74, 6) is 0.293. The number of phenolic OH excluding ortho intramolecular Hbond substituents is 1. The summed E-state index contributed by atoms with van der Waals surface area (Å²) in [6.07, 6.45) is 1.47. The van der Waals surface area contributed by atoms with E-state index < -0.39 is 11.1 Å². The van der Waals surface area contributed by atoms with Crippen LogP contribution in [0.5, 0.6) is 17.2 Å². The van der Waals surface area contributed by atoms with Crippen molar-refractivity contribution in [3.8, 4) is 17.2 Å². The molecule has 10 heteroatoms. The molecule has 0 spiro atoms. The van der Waals surface area contributed by atoms with Gasteiger partial charge >= 0.3 is 0 Å². The summed E-state index contributed by atoms with van der Waals surface area (Å²) in [5, 5.41) is 10.7. The van der Waals surface area contributed by atoms with Crippen molar-refractivity contribution >= 4 is 72.4 Å². The number of hydrogen-bond donors (Lipinski definition) is 1. The molecule has 0 saturated carbocycles. The van der Waals surface area contributed by atoms with Crippen LogP contribution in [0.1, 0.15) is 12.5 Å². The average Bonchev–Trinajstić information content (AvgIpc) is 2.98. The first-order valence-corrected chi connectivity index (χ1v) is 11.6. The van der Waals surface area contributed by atoms with Crippen LogP contribution in [-0.2, 0) is 4.79 Å². The molecule has 0 bridgehead atoms. The molecule has 158 valence electrons. The number of carbonyl (C=O) groups excluding carboxylic acids is 2. The molecule has 2 aromatic carbocycles. The van der Waals surface area contributed by atoms with Gasteiger partial charge in [0.25, 0.3) is 11.1 Å². The summed E-state index contributed by atoms with van der Waals surface area (Å²) in [6, 6.07) is 8.43. The molecule has 1 fully saturated rings. The van der Waals surface area contributed by atoms with Crippen LogP contribution in [0.15, 0.2) is 44.2 Å². The van der Waals surface area contributed by atoms with Crippen molar-refractivity contribution < 1.29 is 24.2 Å². The molecule has 1 N–H and O–H groups in total. The fourth-order valence-corrected chi connectivity index (χ4v) is 4.43. The maximum Gasteiger partial charge on any atom is 0.293 e. The molecule has 0 radical (unpaired) electrons. The van der Waals surface area contributed by atoms with Gasteiger partial charge in [-0.05, 0) is 87.0 Å². The number of imide groups is 1. The van der Waals surface area contributed by atoms with E-state index in [0.29, 0.717) is 31.9 Å². The van der Waals surface area contributed by atoms with Crippen LogP contribution in [0, 0.1) is 0 Å². The van der Waals surface area contributed by atoms with Crippen LogP contribution >= 0.6 is 55.2 Å². The zero-order chi connectivity index (χ0) is 21.8. The Morgan fingerprint density at radius 2 is 1.90 bits per heavy atom. The van der Waals surface area contributed by atoms with Crippen molar-refractivity contribution in [1.82, 2.24) is 4.90 Å². The molecular formula is C20H16Br2ClNO5S. The first kappa shape index (κ1) is 23.0. The van der Waals surface area contributed by atoms with Gasteiger partial charge in [0, 0.05) is 19.5 Å². The first-order valence-electron chi connectivity index (χ1n) is 8.79. The van der Waals surface area contributed by atoms with Crippen molar-refractivity contribution in [2.24, 2.45) is 0 Å². The number of benzene rings is 2. The number of thioether (sulfide) groups is 1. The molecular weight excluding hydrogens is 562 g/mol. The van der Waals surface area contributed by atoms with Crippen LogP contribution in [-0.4, -0.2) is 40.9 Å². The average molecular weight is 578 g/mol. The third-order valence-corrected chi connectivity index (χ3v) is 7.21. The van der Waals surface area contributed by atoms with Crippen LogP contribution in [0.3, 0.4) is 0 Å². The highest BCUT2D eigenvalue weighted by Gasteiger charge is 2.35. The number of amides is 2. The predicted molar refractivity (Wildman–Crippen MR) is 124 cm³/mol. The predicted octanol–water partition coefficient (Wildman–Crippen LogP) is 6.08. The van der Waals surface area contributed by atoms with E-state index in [1.807, 2.05) is 0 Å². The van der Waals surface area contributed by atoms with E-state index >= 15 is 0 Å². The van der Waals surface area contributed by atoms with Gasteiger partial charge in [0.05, 0.1) is 18.1 Å². The highest BCUT2D eigenvalue weighted by Crippen LogP contribution is 2.43. The highest BCUT2D eigenvalue weighted by molar-refractivity contribution is 9.13. The van der Waals surface area contributed by atoms with Crippen LogP contribution in [0.2, 0.25) is 5.02 Å². The fraction of sp³-hybridized carbons (Fsp3) is 0.200. The van der Waals surface area contributed by atoms with Crippen molar-refractivity contribution in [2.45, 2.75) is 6.92 Å². The third-order valence-electron chi connectivity index (χ3n) is 4.04. The fourth-order valence-electron chi connectivity index (χ4n) is 2.62. The quantitative estimate of drug-likeness (QED) is 0.402. The van der Waals surface area contributed by atoms with E-state index in [1.165, 1.54) is 6.08 Å². The lowest BCUT2D eigenvalue weighted by atomic mass is 10.1. The van der Waals surface area contributed by atoms with E-state index in [2.05, 4.69) is 31.9 Å². The summed E-state index contributed by atoms with van der Waals surface area (Å²) >= 11 is 13.4. The lowest BCUT2D eigenvalue weighted by Crippen LogP contribution is -2.32. The molecule has 0 aromatic heterocycles. The topological polar surface area (TPSA) is 76.1 Å². The van der Waals surface area contributed by atoms with Crippen LogP contribution in [0.4, 0.5) is 4.79 Å². The molecule has 1 heterocycles. The van der Waals surface area contributed by atoms with E-state index in [9.17, 15) is 14.7 Å². The lowest BCUT2D eigenvalue weighted by molar-refractivity contribution is -0.123. The molecule has 30 heavy (non-hydrogen) atoms. The van der Waals surface area contributed by atoms with E-state index in [4.69, 9.17) is 21.1 Å². The lowest BCUT2D eigenvalue weighted by Gasteiger charge is -2.13. The monoisotopic (exact) mass is 575 g/mol. The van der Waals surface area contributed by atoms with Gasteiger partial charge in [0.1, 0.15) is 12.4 Å². The number of halogens is 3. The molecule has 1 aliphatic rings. The molecule has 6 nitrogen and oxygen atoms in total. The number of aromatic hydroxyl groups is 1. The molecule has 0 aliphatic carbocycles. The van der Waals surface area contributed by atoms with Crippen LogP contribution < -0.4 is 9.47 Å². The second kappa shape index (κ2) is 10.1. The highest BCUT2D eigenvalue weighted by atomic mass is 79.9. The summed E-state index contributed by atoms with van der Waals surface area (Å²) in [7, 11) is 0. The Bertz CT molecular complexity index is 1010. The van der Waals surface area contributed by atoms with Crippen molar-refractivity contribution in [3.63, 3.8) is 0 Å². The second-order valence-corrected chi connectivity index (χ2v) is 9.08. The Balaban J connectivity index is 1.75. The normalized spacial score (nSPS) is 15.2. The van der Waals surface area contributed by atoms with Gasteiger partial charge in [-0.1, -0.05) is 11.6 Å². The maximum atomic E-state index is 12.7. The zero-order valence-corrected chi connectivity index (χ0v) is 20.4. The molecule has 1 aliphatic heterocycles. The first-order chi connectivity index (χ1) is 14.3. The number of phenols is 1. The third kappa shape index (κ3) is 5.14. The maximum absolute atomic E-state index is 12.7. The Morgan fingerprint density at radius 3 is 2.57 bits per heavy atom. The van der Waals surface area contributed by atoms with Crippen LogP contribution in [0.25, 0.3) is 6.08 Å². The Labute approximate surface area is 199 Å². The second-order valence-electron chi connectivity index (χ2n) is 6.00. The van der Waals surface area contributed by atoms with Gasteiger partial charge in [-0.15, -0.1) is 0 Å². The standard InChI is InChI=1S/C20H16Br2ClNO5S/c1-2-28-15-10-14(21)17(22)13(18(15)25)9-16-19(26)24(20(27)30-16)7-8-29-12-5-3-11(23)4-6-12/h3-6,9-10,25H,2,7-8H2,1H3/b16-9-. The van der Waals surface area contributed by atoms with Crippen molar-refractivity contribution in [1.29, 1.82) is 0 Å². The van der Waals surface area contributed by atoms with Crippen molar-refractivity contribution in [3.05, 3.63) is 54.8 Å². The van der Waals surface area contributed by atoms with E-state index in [1.54, 1.807) is 37.3 Å². The molecule has 0 unspecified atom stereocenters. The summed E-state index contributed by atoms with van der Waals surface area (Å²) in [6.45, 7) is 2.41. The Hall–Kier alpha value is -1.68. The largest absolute Gasteiger partial charge is 0.504 e. The van der Waals surface area contributed by atoms with E-state index in [0.717, 1.165) is 16.7 Å². The molecule has 3 rings (SSSR count). The SMILES string of the molecule is CCOc1cc(Br)c(Br)c(/C=C2\SC(=O)N(CCOc3ccc(Cl)cc3)C2=O)c1O. The Morgan fingerprint density at radius 1 is 1.20 bits per heavy atom. The van der Waals surface area contributed by atoms with Gasteiger partial charge in [0.15, 0.2) is 11.5 Å². The number of ether oxygens (including phenoxy) is 2. The smallest absolute Gasteiger partial charge is 0.293 e. The minimum Gasteiger partial charge on any atom is -0.504 e. The van der Waals surface area contributed by atoms with Gasteiger partial charge in [0.2, 0.25) is 0 Å². The number of carbonyl (C=O) groups is 2. The minimum absolute atomic E-state index is 0.0977. The van der Waals surface area contributed by atoms with E-state index in [-0.39, 0.29) is 29.6 Å². The summed E-state index contributed by atoms with van der Waals surface area (Å²) in [5.41, 5.74) is 0.343. The van der Waals surface area contributed by atoms with Gasteiger partial charge in [-0.2, -0.15) is 0 Å². The van der Waals surface area contributed by atoms with Gasteiger partial charge in [-0.25, -0.2) is 0 Å². The molecule has 2 amide bonds. The van der Waals surface area contributed by atoms with Gasteiger partial charge < -0.3 is 14.6 Å². The zero-order valence-electron chi connectivity index (χ0n) is 15.7.